The van der Waals surface area contributed by atoms with Crippen molar-refractivity contribution in [2.24, 2.45) is 0 Å². The van der Waals surface area contributed by atoms with Gasteiger partial charge in [-0.2, -0.15) is 0 Å². The summed E-state index contributed by atoms with van der Waals surface area (Å²) in [5, 5.41) is 0. The third kappa shape index (κ3) is 3.38. The maximum absolute atomic E-state index is 12.7. The lowest BCUT2D eigenvalue weighted by Crippen LogP contribution is -2.43. The minimum atomic E-state index is -0.335. The lowest BCUT2D eigenvalue weighted by Gasteiger charge is -2.33. The van der Waals surface area contributed by atoms with E-state index in [9.17, 15) is 9.59 Å². The van der Waals surface area contributed by atoms with Crippen molar-refractivity contribution in [2.75, 3.05) is 19.7 Å². The minimum absolute atomic E-state index is 0.176. The molecule has 1 aliphatic heterocycles. The highest BCUT2D eigenvalue weighted by atomic mass is 16.5. The Morgan fingerprint density at radius 2 is 2.04 bits per heavy atom. The highest BCUT2D eigenvalue weighted by Gasteiger charge is 2.27. The SMILES string of the molecule is CC(C)c1ccc(C(=O)N2CCOC(c3ccncc3)C2)c(=O)[nH]1. The fraction of sp³-hybridized carbons (Fsp3) is 0.389. The number of hydrogen-bond donors (Lipinski definition) is 1. The first-order chi connectivity index (χ1) is 11.6. The Hall–Kier alpha value is -2.47. The van der Waals surface area contributed by atoms with E-state index in [1.165, 1.54) is 0 Å². The molecule has 6 heteroatoms. The van der Waals surface area contributed by atoms with E-state index in [1.807, 2.05) is 26.0 Å². The molecule has 0 bridgehead atoms. The van der Waals surface area contributed by atoms with Gasteiger partial charge >= 0.3 is 0 Å². The molecule has 3 heterocycles. The van der Waals surface area contributed by atoms with Crippen molar-refractivity contribution in [3.8, 4) is 0 Å². The summed E-state index contributed by atoms with van der Waals surface area (Å²) in [6.07, 6.45) is 3.21. The number of amides is 1. The Balaban J connectivity index is 1.79. The van der Waals surface area contributed by atoms with E-state index in [1.54, 1.807) is 29.4 Å². The van der Waals surface area contributed by atoms with Gasteiger partial charge in [0.2, 0.25) is 0 Å². The second-order valence-electron chi connectivity index (χ2n) is 6.20. The van der Waals surface area contributed by atoms with Gasteiger partial charge in [-0.15, -0.1) is 0 Å². The molecule has 6 nitrogen and oxygen atoms in total. The molecule has 1 aliphatic rings. The summed E-state index contributed by atoms with van der Waals surface area (Å²) in [4.78, 5) is 33.4. The van der Waals surface area contributed by atoms with Gasteiger partial charge in [-0.25, -0.2) is 0 Å². The lowest BCUT2D eigenvalue weighted by molar-refractivity contribution is -0.0229. The maximum Gasteiger partial charge on any atom is 0.261 e. The van der Waals surface area contributed by atoms with Crippen LogP contribution >= 0.6 is 0 Å². The molecule has 1 fully saturated rings. The van der Waals surface area contributed by atoms with Gasteiger partial charge in [0, 0.05) is 24.6 Å². The minimum Gasteiger partial charge on any atom is -0.370 e. The second kappa shape index (κ2) is 6.97. The van der Waals surface area contributed by atoms with E-state index in [-0.39, 0.29) is 29.1 Å². The molecular formula is C18H21N3O3. The van der Waals surface area contributed by atoms with Crippen LogP contribution in [0, 0.1) is 0 Å². The first-order valence-electron chi connectivity index (χ1n) is 8.10. The molecule has 0 saturated carbocycles. The highest BCUT2D eigenvalue weighted by molar-refractivity contribution is 5.94. The van der Waals surface area contributed by atoms with E-state index >= 15 is 0 Å². The van der Waals surface area contributed by atoms with Crippen LogP contribution in [0.4, 0.5) is 0 Å². The van der Waals surface area contributed by atoms with Crippen molar-refractivity contribution in [1.82, 2.24) is 14.9 Å². The number of rotatable bonds is 3. The van der Waals surface area contributed by atoms with Crippen LogP contribution in [0.1, 0.15) is 47.5 Å². The van der Waals surface area contributed by atoms with Crippen molar-refractivity contribution >= 4 is 5.91 Å². The lowest BCUT2D eigenvalue weighted by atomic mass is 10.1. The molecule has 0 aliphatic carbocycles. The van der Waals surface area contributed by atoms with Crippen LogP contribution in [0.15, 0.2) is 41.5 Å². The van der Waals surface area contributed by atoms with Crippen LogP contribution in [0.2, 0.25) is 0 Å². The number of carbonyl (C=O) groups is 1. The molecule has 3 rings (SSSR count). The Bertz CT molecular complexity index is 771. The Kier molecular flexibility index (Phi) is 4.76. The molecular weight excluding hydrogens is 306 g/mol. The maximum atomic E-state index is 12.7. The Morgan fingerprint density at radius 3 is 2.71 bits per heavy atom. The van der Waals surface area contributed by atoms with Gasteiger partial charge in [0.1, 0.15) is 11.7 Å². The second-order valence-corrected chi connectivity index (χ2v) is 6.20. The van der Waals surface area contributed by atoms with Gasteiger partial charge in [0.25, 0.3) is 11.5 Å². The fourth-order valence-electron chi connectivity index (χ4n) is 2.78. The molecule has 1 saturated heterocycles. The molecule has 2 aromatic rings. The standard InChI is InChI=1S/C18H21N3O3/c1-12(2)15-4-3-14(17(22)20-15)18(23)21-9-10-24-16(11-21)13-5-7-19-8-6-13/h3-8,12,16H,9-11H2,1-2H3,(H,20,22). The molecule has 1 N–H and O–H groups in total. The van der Waals surface area contributed by atoms with E-state index in [0.717, 1.165) is 11.3 Å². The normalized spacial score (nSPS) is 18.0. The molecule has 1 atom stereocenters. The number of aromatic nitrogens is 2. The number of ether oxygens (including phenoxy) is 1. The van der Waals surface area contributed by atoms with E-state index in [0.29, 0.717) is 19.7 Å². The van der Waals surface area contributed by atoms with Gasteiger partial charge in [-0.1, -0.05) is 13.8 Å². The number of carbonyl (C=O) groups excluding carboxylic acids is 1. The molecule has 0 spiro atoms. The van der Waals surface area contributed by atoms with Crippen molar-refractivity contribution in [3.05, 3.63) is 63.8 Å². The molecule has 0 radical (unpaired) electrons. The van der Waals surface area contributed by atoms with E-state index < -0.39 is 0 Å². The summed E-state index contributed by atoms with van der Waals surface area (Å²) < 4.78 is 5.75. The summed E-state index contributed by atoms with van der Waals surface area (Å²) >= 11 is 0. The van der Waals surface area contributed by atoms with Gasteiger partial charge < -0.3 is 14.6 Å². The van der Waals surface area contributed by atoms with Crippen LogP contribution in [-0.2, 0) is 4.74 Å². The average Bonchev–Trinajstić information content (AvgIpc) is 2.62. The first-order valence-corrected chi connectivity index (χ1v) is 8.10. The summed E-state index contributed by atoms with van der Waals surface area (Å²) in [7, 11) is 0. The number of aromatic amines is 1. The Labute approximate surface area is 140 Å². The average molecular weight is 327 g/mol. The molecule has 126 valence electrons. The molecule has 1 unspecified atom stereocenters. The van der Waals surface area contributed by atoms with Gasteiger partial charge in [0.05, 0.1) is 13.2 Å². The Morgan fingerprint density at radius 1 is 1.29 bits per heavy atom. The number of H-pyrrole nitrogens is 1. The van der Waals surface area contributed by atoms with Gasteiger partial charge in [-0.3, -0.25) is 14.6 Å². The zero-order chi connectivity index (χ0) is 17.1. The number of nitrogens with zero attached hydrogens (tertiary/aromatic N) is 2. The van der Waals surface area contributed by atoms with E-state index in [4.69, 9.17) is 4.74 Å². The fourth-order valence-corrected chi connectivity index (χ4v) is 2.78. The molecule has 0 aromatic carbocycles. The molecule has 24 heavy (non-hydrogen) atoms. The first kappa shape index (κ1) is 16.4. The topological polar surface area (TPSA) is 75.3 Å². The predicted molar refractivity (Wildman–Crippen MR) is 90.0 cm³/mol. The summed E-state index contributed by atoms with van der Waals surface area (Å²) in [5.41, 5.74) is 1.65. The van der Waals surface area contributed by atoms with Crippen LogP contribution in [0.3, 0.4) is 0 Å². The summed E-state index contributed by atoms with van der Waals surface area (Å²) in [6, 6.07) is 7.18. The van der Waals surface area contributed by atoms with E-state index in [2.05, 4.69) is 9.97 Å². The summed E-state index contributed by atoms with van der Waals surface area (Å²) in [5.74, 6) is -0.0461. The quantitative estimate of drug-likeness (QED) is 0.937. The molecule has 2 aromatic heterocycles. The zero-order valence-electron chi connectivity index (χ0n) is 13.9. The smallest absolute Gasteiger partial charge is 0.261 e. The van der Waals surface area contributed by atoms with Crippen molar-refractivity contribution in [1.29, 1.82) is 0 Å². The third-order valence-corrected chi connectivity index (χ3v) is 4.22. The number of hydrogen-bond acceptors (Lipinski definition) is 4. The largest absolute Gasteiger partial charge is 0.370 e. The highest BCUT2D eigenvalue weighted by Crippen LogP contribution is 2.22. The van der Waals surface area contributed by atoms with Gasteiger partial charge in [-0.05, 0) is 35.7 Å². The van der Waals surface area contributed by atoms with Crippen molar-refractivity contribution < 1.29 is 9.53 Å². The van der Waals surface area contributed by atoms with Crippen LogP contribution in [-0.4, -0.2) is 40.5 Å². The van der Waals surface area contributed by atoms with Crippen LogP contribution in [0.25, 0.3) is 0 Å². The van der Waals surface area contributed by atoms with Crippen LogP contribution in [0.5, 0.6) is 0 Å². The zero-order valence-corrected chi connectivity index (χ0v) is 13.9. The number of nitrogens with one attached hydrogen (secondary N) is 1. The van der Waals surface area contributed by atoms with Crippen molar-refractivity contribution in [2.45, 2.75) is 25.9 Å². The third-order valence-electron chi connectivity index (χ3n) is 4.22. The number of pyridine rings is 2. The molecule has 1 amide bonds. The number of morpholine rings is 1. The van der Waals surface area contributed by atoms with Crippen molar-refractivity contribution in [3.63, 3.8) is 0 Å². The van der Waals surface area contributed by atoms with Gasteiger partial charge in [0.15, 0.2) is 0 Å². The predicted octanol–water partition coefficient (Wildman–Crippen LogP) is 2.11. The van der Waals surface area contributed by atoms with Crippen LogP contribution < -0.4 is 5.56 Å². The monoisotopic (exact) mass is 327 g/mol. The summed E-state index contributed by atoms with van der Waals surface area (Å²) in [6.45, 7) is 5.34.